The predicted molar refractivity (Wildman–Crippen MR) is 105 cm³/mol. The van der Waals surface area contributed by atoms with E-state index in [4.69, 9.17) is 5.26 Å². The number of rotatable bonds is 6. The third-order valence-electron chi connectivity index (χ3n) is 5.27. The highest BCUT2D eigenvalue weighted by Crippen LogP contribution is 2.27. The highest BCUT2D eigenvalue weighted by atomic mass is 16.2. The van der Waals surface area contributed by atoms with Crippen LogP contribution in [0, 0.1) is 17.2 Å². The average molecular weight is 363 g/mol. The van der Waals surface area contributed by atoms with Crippen molar-refractivity contribution < 1.29 is 9.59 Å². The number of carbonyl (C=O) groups excluding carboxylic acids is 2. The third kappa shape index (κ3) is 5.07. The van der Waals surface area contributed by atoms with Crippen LogP contribution in [0.25, 0.3) is 10.8 Å². The Morgan fingerprint density at radius 3 is 2.56 bits per heavy atom. The molecule has 27 heavy (non-hydrogen) atoms. The summed E-state index contributed by atoms with van der Waals surface area (Å²) in [6.45, 7) is -0.0498. The zero-order valence-electron chi connectivity index (χ0n) is 15.4. The van der Waals surface area contributed by atoms with Crippen LogP contribution in [0.4, 0.5) is 0 Å². The molecule has 0 aromatic heterocycles. The number of benzene rings is 2. The van der Waals surface area contributed by atoms with Gasteiger partial charge in [0.1, 0.15) is 12.6 Å². The van der Waals surface area contributed by atoms with Gasteiger partial charge in [-0.15, -0.1) is 0 Å². The maximum Gasteiger partial charge on any atom is 0.251 e. The Kier molecular flexibility index (Phi) is 6.43. The number of hydrogen-bond donors (Lipinski definition) is 2. The van der Waals surface area contributed by atoms with E-state index in [0.717, 1.165) is 23.6 Å². The molecule has 5 heteroatoms. The molecule has 0 aliphatic heterocycles. The van der Waals surface area contributed by atoms with E-state index in [1.54, 1.807) is 6.07 Å². The van der Waals surface area contributed by atoms with E-state index in [1.165, 1.54) is 19.3 Å². The summed E-state index contributed by atoms with van der Waals surface area (Å²) < 4.78 is 0. The lowest BCUT2D eigenvalue weighted by molar-refractivity contribution is -0.123. The van der Waals surface area contributed by atoms with Crippen molar-refractivity contribution in [3.63, 3.8) is 0 Å². The second-order valence-electron chi connectivity index (χ2n) is 7.20. The van der Waals surface area contributed by atoms with Crippen molar-refractivity contribution in [2.24, 2.45) is 5.92 Å². The predicted octanol–water partition coefficient (Wildman–Crippen LogP) is 3.55. The van der Waals surface area contributed by atoms with E-state index in [1.807, 2.05) is 42.5 Å². The number of nitriles is 1. The highest BCUT2D eigenvalue weighted by Gasteiger charge is 2.26. The van der Waals surface area contributed by atoms with E-state index >= 15 is 0 Å². The van der Waals surface area contributed by atoms with Crippen LogP contribution in [0.5, 0.6) is 0 Å². The van der Waals surface area contributed by atoms with Gasteiger partial charge in [0.25, 0.3) is 5.91 Å². The van der Waals surface area contributed by atoms with Crippen LogP contribution >= 0.6 is 0 Å². The summed E-state index contributed by atoms with van der Waals surface area (Å²) in [4.78, 5) is 25.2. The van der Waals surface area contributed by atoms with Gasteiger partial charge < -0.3 is 10.6 Å². The lowest BCUT2D eigenvalue weighted by Gasteiger charge is -2.26. The molecule has 1 atom stereocenters. The Morgan fingerprint density at radius 1 is 1.07 bits per heavy atom. The second kappa shape index (κ2) is 9.18. The molecule has 1 aliphatic rings. The van der Waals surface area contributed by atoms with Crippen LogP contribution in [0.3, 0.4) is 0 Å². The van der Waals surface area contributed by atoms with E-state index < -0.39 is 6.04 Å². The minimum absolute atomic E-state index is 0.0498. The van der Waals surface area contributed by atoms with Gasteiger partial charge in [0.2, 0.25) is 5.91 Å². The first-order chi connectivity index (χ1) is 13.2. The maximum absolute atomic E-state index is 12.8. The first-order valence-corrected chi connectivity index (χ1v) is 9.61. The number of carbonyl (C=O) groups is 2. The number of fused-ring (bicyclic) bond motifs is 1. The molecule has 2 amide bonds. The summed E-state index contributed by atoms with van der Waals surface area (Å²) in [6, 6.07) is 14.7. The molecule has 2 aromatic rings. The van der Waals surface area contributed by atoms with Crippen LogP contribution in [0.2, 0.25) is 0 Å². The van der Waals surface area contributed by atoms with E-state index in [-0.39, 0.29) is 18.4 Å². The minimum atomic E-state index is -0.611. The summed E-state index contributed by atoms with van der Waals surface area (Å²) in [6.07, 6.45) is 6.40. The summed E-state index contributed by atoms with van der Waals surface area (Å²) in [7, 11) is 0. The summed E-state index contributed by atoms with van der Waals surface area (Å²) >= 11 is 0. The van der Waals surface area contributed by atoms with Gasteiger partial charge >= 0.3 is 0 Å². The Labute approximate surface area is 159 Å². The van der Waals surface area contributed by atoms with Crippen LogP contribution in [-0.4, -0.2) is 24.4 Å². The Bertz CT molecular complexity index is 850. The zero-order valence-corrected chi connectivity index (χ0v) is 15.4. The summed E-state index contributed by atoms with van der Waals surface area (Å²) in [5, 5.41) is 16.3. The molecule has 1 saturated carbocycles. The number of amides is 2. The van der Waals surface area contributed by atoms with Gasteiger partial charge in [-0.05, 0) is 35.2 Å². The molecule has 0 radical (unpaired) electrons. The molecule has 0 spiro atoms. The van der Waals surface area contributed by atoms with Crippen molar-refractivity contribution in [2.45, 2.75) is 44.6 Å². The van der Waals surface area contributed by atoms with Crippen molar-refractivity contribution in [1.82, 2.24) is 10.6 Å². The molecule has 3 rings (SSSR count). The molecule has 0 unspecified atom stereocenters. The largest absolute Gasteiger partial charge is 0.341 e. The molecule has 0 bridgehead atoms. The van der Waals surface area contributed by atoms with E-state index in [2.05, 4.69) is 10.6 Å². The molecular formula is C22H25N3O2. The zero-order chi connectivity index (χ0) is 19.1. The minimum Gasteiger partial charge on any atom is -0.341 e. The first kappa shape index (κ1) is 18.9. The van der Waals surface area contributed by atoms with E-state index in [0.29, 0.717) is 17.9 Å². The van der Waals surface area contributed by atoms with Crippen molar-refractivity contribution in [2.75, 3.05) is 6.54 Å². The highest BCUT2D eigenvalue weighted by molar-refractivity contribution is 6.00. The molecule has 2 aromatic carbocycles. The molecule has 2 N–H and O–H groups in total. The van der Waals surface area contributed by atoms with Gasteiger partial charge in [0, 0.05) is 5.56 Å². The SMILES string of the molecule is N#CCNC(=O)[C@H](CC1CCCCC1)NC(=O)c1ccc2ccccc2c1. The van der Waals surface area contributed by atoms with Crippen LogP contribution in [0.15, 0.2) is 42.5 Å². The van der Waals surface area contributed by atoms with Gasteiger partial charge in [0.05, 0.1) is 6.07 Å². The van der Waals surface area contributed by atoms with Crippen molar-refractivity contribution in [3.05, 3.63) is 48.0 Å². The van der Waals surface area contributed by atoms with Gasteiger partial charge in [-0.25, -0.2) is 0 Å². The van der Waals surface area contributed by atoms with E-state index in [9.17, 15) is 9.59 Å². The standard InChI is InChI=1S/C22H25N3O2/c23-12-13-24-22(27)20(14-16-6-2-1-3-7-16)25-21(26)19-11-10-17-8-4-5-9-18(17)15-19/h4-5,8-11,15-16,20H,1-3,6-7,13-14H2,(H,24,27)(H,25,26)/t20-/m0/s1. The lowest BCUT2D eigenvalue weighted by Crippen LogP contribution is -2.48. The van der Waals surface area contributed by atoms with Crippen molar-refractivity contribution >= 4 is 22.6 Å². The first-order valence-electron chi connectivity index (χ1n) is 9.61. The average Bonchev–Trinajstić information content (AvgIpc) is 2.71. The number of hydrogen-bond acceptors (Lipinski definition) is 3. The Hall–Kier alpha value is -2.87. The second-order valence-corrected chi connectivity index (χ2v) is 7.20. The Morgan fingerprint density at radius 2 is 1.81 bits per heavy atom. The van der Waals surface area contributed by atoms with Gasteiger partial charge in [0.15, 0.2) is 0 Å². The number of nitrogens with zero attached hydrogens (tertiary/aromatic N) is 1. The topological polar surface area (TPSA) is 82.0 Å². The number of nitrogens with one attached hydrogen (secondary N) is 2. The molecular weight excluding hydrogens is 338 g/mol. The molecule has 5 nitrogen and oxygen atoms in total. The fraction of sp³-hybridized carbons (Fsp3) is 0.409. The van der Waals surface area contributed by atoms with Crippen molar-refractivity contribution in [3.8, 4) is 6.07 Å². The smallest absolute Gasteiger partial charge is 0.251 e. The quantitative estimate of drug-likeness (QED) is 0.770. The molecule has 0 saturated heterocycles. The fourth-order valence-corrected chi connectivity index (χ4v) is 3.81. The third-order valence-corrected chi connectivity index (χ3v) is 5.27. The summed E-state index contributed by atoms with van der Waals surface area (Å²) in [5.74, 6) is -0.0987. The molecule has 140 valence electrons. The van der Waals surface area contributed by atoms with Gasteiger partial charge in [-0.3, -0.25) is 9.59 Å². The van der Waals surface area contributed by atoms with Crippen LogP contribution < -0.4 is 10.6 Å². The van der Waals surface area contributed by atoms with Crippen LogP contribution in [-0.2, 0) is 4.79 Å². The summed E-state index contributed by atoms with van der Waals surface area (Å²) in [5.41, 5.74) is 0.537. The molecule has 1 aliphatic carbocycles. The molecule has 0 heterocycles. The van der Waals surface area contributed by atoms with Gasteiger partial charge in [-0.2, -0.15) is 5.26 Å². The van der Waals surface area contributed by atoms with Gasteiger partial charge in [-0.1, -0.05) is 62.4 Å². The van der Waals surface area contributed by atoms with Crippen LogP contribution in [0.1, 0.15) is 48.9 Å². The normalized spacial score (nSPS) is 15.7. The Balaban J connectivity index is 1.73. The monoisotopic (exact) mass is 363 g/mol. The van der Waals surface area contributed by atoms with Crippen molar-refractivity contribution in [1.29, 1.82) is 5.26 Å². The lowest BCUT2D eigenvalue weighted by atomic mass is 9.84. The maximum atomic E-state index is 12.8. The fourth-order valence-electron chi connectivity index (χ4n) is 3.81. The molecule has 1 fully saturated rings.